The van der Waals surface area contributed by atoms with Crippen LogP contribution >= 0.6 is 0 Å². The number of carbonyl (C=O) groups is 1. The van der Waals surface area contributed by atoms with E-state index in [-0.39, 0.29) is 47.1 Å². The van der Waals surface area contributed by atoms with Crippen molar-refractivity contribution in [3.05, 3.63) is 0 Å². The van der Waals surface area contributed by atoms with Gasteiger partial charge >= 0.3 is 5.97 Å². The van der Waals surface area contributed by atoms with Crippen molar-refractivity contribution in [2.24, 2.45) is 34.0 Å². The minimum atomic E-state index is -0.509. The minimum absolute atomic E-state index is 0.0160. The van der Waals surface area contributed by atoms with E-state index in [9.17, 15) is 15.0 Å². The molecular weight excluding hydrogens is 344 g/mol. The fraction of sp³-hybridized carbons (Fsp3) is 0.955. The smallest absolute Gasteiger partial charge is 0.302 e. The molecule has 2 N–H and O–H groups in total. The summed E-state index contributed by atoms with van der Waals surface area (Å²) < 4.78 is 11.9. The van der Waals surface area contributed by atoms with Crippen LogP contribution in [-0.2, 0) is 14.3 Å². The molecule has 4 aliphatic carbocycles. The normalized spacial score (nSPS) is 60.8. The molecular formula is C22H34O5. The highest BCUT2D eigenvalue weighted by Crippen LogP contribution is 2.78. The summed E-state index contributed by atoms with van der Waals surface area (Å²) in [6, 6.07) is 0. The van der Waals surface area contributed by atoms with E-state index in [1.54, 1.807) is 0 Å². The highest BCUT2D eigenvalue weighted by Gasteiger charge is 2.81. The number of hydrogen-bond donors (Lipinski definition) is 2. The van der Waals surface area contributed by atoms with Crippen LogP contribution in [0.5, 0.6) is 0 Å². The Kier molecular flexibility index (Phi) is 3.60. The summed E-state index contributed by atoms with van der Waals surface area (Å²) in [5.74, 6) is 0.846. The highest BCUT2D eigenvalue weighted by atomic mass is 16.6. The van der Waals surface area contributed by atoms with Crippen molar-refractivity contribution in [1.82, 2.24) is 0 Å². The number of ether oxygens (including phenoxy) is 2. The van der Waals surface area contributed by atoms with Crippen molar-refractivity contribution >= 4 is 5.97 Å². The van der Waals surface area contributed by atoms with Gasteiger partial charge in [-0.05, 0) is 68.6 Å². The second kappa shape index (κ2) is 5.28. The van der Waals surface area contributed by atoms with Gasteiger partial charge in [-0.25, -0.2) is 0 Å². The largest absolute Gasteiger partial charge is 0.462 e. The van der Waals surface area contributed by atoms with Crippen molar-refractivity contribution in [3.63, 3.8) is 0 Å². The molecule has 0 aromatic rings. The van der Waals surface area contributed by atoms with E-state index >= 15 is 0 Å². The lowest BCUT2D eigenvalue weighted by Crippen LogP contribution is -2.66. The third-order valence-corrected chi connectivity index (χ3v) is 9.98. The summed E-state index contributed by atoms with van der Waals surface area (Å²) in [6.07, 6.45) is 5.37. The predicted octanol–water partition coefficient (Wildman–Crippen LogP) is 2.67. The summed E-state index contributed by atoms with van der Waals surface area (Å²) in [5.41, 5.74) is -0.609. The van der Waals surface area contributed by atoms with Gasteiger partial charge in [-0.3, -0.25) is 4.79 Å². The van der Waals surface area contributed by atoms with E-state index in [0.717, 1.165) is 25.7 Å². The number of epoxide rings is 1. The Morgan fingerprint density at radius 3 is 2.59 bits per heavy atom. The van der Waals surface area contributed by atoms with Crippen molar-refractivity contribution in [2.45, 2.75) is 90.1 Å². The van der Waals surface area contributed by atoms with Gasteiger partial charge in [-0.2, -0.15) is 0 Å². The van der Waals surface area contributed by atoms with E-state index in [1.165, 1.54) is 13.3 Å². The first kappa shape index (κ1) is 18.4. The third-order valence-electron chi connectivity index (χ3n) is 9.98. The van der Waals surface area contributed by atoms with Crippen LogP contribution in [0.3, 0.4) is 0 Å². The number of rotatable bonds is 2. The lowest BCUT2D eigenvalue weighted by atomic mass is 9.39. The van der Waals surface area contributed by atoms with E-state index in [1.807, 2.05) is 0 Å². The molecule has 1 saturated heterocycles. The van der Waals surface area contributed by atoms with Crippen LogP contribution in [-0.4, -0.2) is 46.7 Å². The van der Waals surface area contributed by atoms with E-state index in [4.69, 9.17) is 9.47 Å². The fourth-order valence-electron chi connectivity index (χ4n) is 8.67. The summed E-state index contributed by atoms with van der Waals surface area (Å²) in [6.45, 7) is 8.12. The molecule has 10 unspecified atom stereocenters. The predicted molar refractivity (Wildman–Crippen MR) is 98.7 cm³/mol. The maximum absolute atomic E-state index is 11.7. The molecule has 10 atom stereocenters. The van der Waals surface area contributed by atoms with Crippen molar-refractivity contribution in [3.8, 4) is 0 Å². The average molecular weight is 379 g/mol. The number of aliphatic hydroxyl groups is 2. The maximum Gasteiger partial charge on any atom is 0.302 e. The van der Waals surface area contributed by atoms with Gasteiger partial charge in [-0.1, -0.05) is 13.8 Å². The Morgan fingerprint density at radius 2 is 1.93 bits per heavy atom. The fourth-order valence-corrected chi connectivity index (χ4v) is 8.67. The minimum Gasteiger partial charge on any atom is -0.462 e. The molecule has 5 heteroatoms. The van der Waals surface area contributed by atoms with Crippen LogP contribution < -0.4 is 0 Å². The van der Waals surface area contributed by atoms with Gasteiger partial charge < -0.3 is 19.7 Å². The van der Waals surface area contributed by atoms with E-state index in [2.05, 4.69) is 20.8 Å². The Balaban J connectivity index is 1.55. The summed E-state index contributed by atoms with van der Waals surface area (Å²) in [7, 11) is 0. The zero-order valence-corrected chi connectivity index (χ0v) is 17.0. The third kappa shape index (κ3) is 1.99. The van der Waals surface area contributed by atoms with Crippen LogP contribution in [0.25, 0.3) is 0 Å². The monoisotopic (exact) mass is 378 g/mol. The number of aliphatic hydroxyl groups excluding tert-OH is 2. The van der Waals surface area contributed by atoms with E-state index < -0.39 is 11.5 Å². The average Bonchev–Trinajstić information content (AvgIpc) is 3.29. The zero-order valence-electron chi connectivity index (χ0n) is 17.0. The van der Waals surface area contributed by atoms with Crippen LogP contribution in [0.1, 0.15) is 66.2 Å². The molecule has 1 heterocycles. The van der Waals surface area contributed by atoms with Gasteiger partial charge in [-0.15, -0.1) is 0 Å². The molecule has 2 bridgehead atoms. The Bertz CT molecular complexity index is 680. The summed E-state index contributed by atoms with van der Waals surface area (Å²) in [5, 5.41) is 21.9. The number of esters is 1. The first-order chi connectivity index (χ1) is 12.6. The second-order valence-corrected chi connectivity index (χ2v) is 10.9. The SMILES string of the molecule is CC(=O)OC1CCC2(C)C(CC(O)C34CC(CCC23)C2(C)OC24)C1(C)CO. The number of hydrogen-bond acceptors (Lipinski definition) is 5. The molecule has 152 valence electrons. The first-order valence-electron chi connectivity index (χ1n) is 10.8. The topological polar surface area (TPSA) is 79.3 Å². The molecule has 5 aliphatic rings. The van der Waals surface area contributed by atoms with Crippen LogP contribution in [0.2, 0.25) is 0 Å². The van der Waals surface area contributed by atoms with Gasteiger partial charge in [0.1, 0.15) is 6.10 Å². The Morgan fingerprint density at radius 1 is 1.19 bits per heavy atom. The number of carbonyl (C=O) groups excluding carboxylic acids is 1. The molecule has 5 fully saturated rings. The second-order valence-electron chi connectivity index (χ2n) is 10.9. The molecule has 1 aliphatic heterocycles. The van der Waals surface area contributed by atoms with Gasteiger partial charge in [0.2, 0.25) is 0 Å². The van der Waals surface area contributed by atoms with Gasteiger partial charge in [0, 0.05) is 17.8 Å². The standard InChI is InChI=1S/C22H34O5/c1-12(24)26-17-7-8-19(2)14-6-5-13-10-22(14,18-21(13,4)27-18)16(25)9-15(19)20(17,3)11-23/h13-18,23,25H,5-11H2,1-4H3. The quantitative estimate of drug-likeness (QED) is 0.570. The molecule has 4 saturated carbocycles. The van der Waals surface area contributed by atoms with Gasteiger partial charge in [0.25, 0.3) is 0 Å². The van der Waals surface area contributed by atoms with Crippen LogP contribution in [0, 0.1) is 34.0 Å². The molecule has 0 radical (unpaired) electrons. The Hall–Kier alpha value is -0.650. The highest BCUT2D eigenvalue weighted by molar-refractivity contribution is 5.66. The maximum atomic E-state index is 11.7. The molecule has 0 amide bonds. The van der Waals surface area contributed by atoms with Crippen LogP contribution in [0.15, 0.2) is 0 Å². The summed E-state index contributed by atoms with van der Waals surface area (Å²) in [4.78, 5) is 11.7. The van der Waals surface area contributed by atoms with Crippen molar-refractivity contribution in [1.29, 1.82) is 0 Å². The molecule has 5 nitrogen and oxygen atoms in total. The lowest BCUT2D eigenvalue weighted by molar-refractivity contribution is -0.244. The summed E-state index contributed by atoms with van der Waals surface area (Å²) >= 11 is 0. The van der Waals surface area contributed by atoms with E-state index in [0.29, 0.717) is 18.3 Å². The van der Waals surface area contributed by atoms with Crippen molar-refractivity contribution < 1.29 is 24.5 Å². The number of fused-ring (bicyclic) bond motifs is 5. The van der Waals surface area contributed by atoms with Crippen LogP contribution in [0.4, 0.5) is 0 Å². The van der Waals surface area contributed by atoms with Gasteiger partial charge in [0.15, 0.2) is 0 Å². The molecule has 0 aromatic carbocycles. The Labute approximate surface area is 161 Å². The molecule has 0 aromatic heterocycles. The lowest BCUT2D eigenvalue weighted by Gasteiger charge is -2.66. The molecule has 27 heavy (non-hydrogen) atoms. The zero-order chi connectivity index (χ0) is 19.4. The molecule has 1 spiro atoms. The molecule has 5 rings (SSSR count). The van der Waals surface area contributed by atoms with Crippen molar-refractivity contribution in [2.75, 3.05) is 6.61 Å². The first-order valence-corrected chi connectivity index (χ1v) is 10.8. The van der Waals surface area contributed by atoms with Gasteiger partial charge in [0.05, 0.1) is 24.4 Å².